The molecule has 0 saturated carbocycles. The molecule has 2 aromatic rings. The van der Waals surface area contributed by atoms with E-state index in [1.165, 1.54) is 4.90 Å². The molecule has 8 heteroatoms. The highest BCUT2D eigenvalue weighted by Gasteiger charge is 2.33. The topological polar surface area (TPSA) is 80.7 Å². The van der Waals surface area contributed by atoms with E-state index < -0.39 is 6.09 Å². The standard InChI is InChI=1S/C28H38N2O6/c1-3-15-34-23-8-6-22(7-9-23)24-11-13-30(28(31)32)19-27(24)36-20-21-5-10-26-25(18-21)29(14-17-35-26)12-4-16-33-2/h5-10,18,24,27H,3-4,11-17,19-20H2,1-2H3,(H,31,32). The molecule has 2 aliphatic heterocycles. The molecule has 2 heterocycles. The van der Waals surface area contributed by atoms with Crippen molar-refractivity contribution in [3.05, 3.63) is 53.6 Å². The smallest absolute Gasteiger partial charge is 0.407 e. The van der Waals surface area contributed by atoms with E-state index in [2.05, 4.69) is 30.0 Å². The van der Waals surface area contributed by atoms with Gasteiger partial charge in [-0.15, -0.1) is 0 Å². The number of amides is 1. The molecular weight excluding hydrogens is 460 g/mol. The summed E-state index contributed by atoms with van der Waals surface area (Å²) in [5, 5.41) is 9.59. The van der Waals surface area contributed by atoms with Crippen LogP contribution in [0.25, 0.3) is 0 Å². The monoisotopic (exact) mass is 498 g/mol. The molecule has 4 rings (SSSR count). The normalized spacial score (nSPS) is 19.5. The summed E-state index contributed by atoms with van der Waals surface area (Å²) in [6.07, 6.45) is 1.50. The third kappa shape index (κ3) is 6.62. The second kappa shape index (κ2) is 12.8. The third-order valence-electron chi connectivity index (χ3n) is 6.83. The molecule has 0 spiro atoms. The number of carboxylic acid groups (broad SMARTS) is 1. The second-order valence-corrected chi connectivity index (χ2v) is 9.37. The zero-order chi connectivity index (χ0) is 25.3. The minimum absolute atomic E-state index is 0.118. The van der Waals surface area contributed by atoms with Gasteiger partial charge in [0.2, 0.25) is 0 Å². The van der Waals surface area contributed by atoms with Gasteiger partial charge in [0.25, 0.3) is 0 Å². The zero-order valence-electron chi connectivity index (χ0n) is 21.4. The maximum atomic E-state index is 11.7. The van der Waals surface area contributed by atoms with Crippen LogP contribution in [-0.2, 0) is 16.1 Å². The molecule has 2 unspecified atom stereocenters. The Morgan fingerprint density at radius 3 is 2.72 bits per heavy atom. The number of ether oxygens (including phenoxy) is 4. The lowest BCUT2D eigenvalue weighted by atomic mass is 9.87. The highest BCUT2D eigenvalue weighted by atomic mass is 16.5. The van der Waals surface area contributed by atoms with Gasteiger partial charge in [0.1, 0.15) is 18.1 Å². The van der Waals surface area contributed by atoms with E-state index in [1.54, 1.807) is 7.11 Å². The fraction of sp³-hybridized carbons (Fsp3) is 0.536. The molecule has 2 aliphatic rings. The number of anilines is 1. The number of nitrogens with zero attached hydrogens (tertiary/aromatic N) is 2. The molecule has 0 bridgehead atoms. The molecule has 0 aliphatic carbocycles. The van der Waals surface area contributed by atoms with E-state index in [0.29, 0.717) is 32.9 Å². The van der Waals surface area contributed by atoms with E-state index in [4.69, 9.17) is 18.9 Å². The van der Waals surface area contributed by atoms with Crippen molar-refractivity contribution >= 4 is 11.8 Å². The molecular formula is C28H38N2O6. The van der Waals surface area contributed by atoms with Crippen LogP contribution in [0.15, 0.2) is 42.5 Å². The van der Waals surface area contributed by atoms with Crippen LogP contribution in [0.5, 0.6) is 11.5 Å². The Kier molecular flexibility index (Phi) is 9.30. The van der Waals surface area contributed by atoms with Gasteiger partial charge in [0.15, 0.2) is 0 Å². The predicted molar refractivity (Wildman–Crippen MR) is 138 cm³/mol. The van der Waals surface area contributed by atoms with Crippen molar-refractivity contribution in [2.24, 2.45) is 0 Å². The average Bonchev–Trinajstić information content (AvgIpc) is 2.91. The average molecular weight is 499 g/mol. The van der Waals surface area contributed by atoms with Gasteiger partial charge < -0.3 is 33.9 Å². The van der Waals surface area contributed by atoms with Gasteiger partial charge in [-0.25, -0.2) is 4.79 Å². The molecule has 8 nitrogen and oxygen atoms in total. The Morgan fingerprint density at radius 1 is 1.14 bits per heavy atom. The third-order valence-corrected chi connectivity index (χ3v) is 6.83. The molecule has 1 N–H and O–H groups in total. The van der Waals surface area contributed by atoms with Gasteiger partial charge in [-0.05, 0) is 54.7 Å². The van der Waals surface area contributed by atoms with E-state index >= 15 is 0 Å². The van der Waals surface area contributed by atoms with Crippen LogP contribution in [0.3, 0.4) is 0 Å². The number of benzene rings is 2. The molecule has 196 valence electrons. The molecule has 2 atom stereocenters. The number of hydrogen-bond acceptors (Lipinski definition) is 6. The fourth-order valence-corrected chi connectivity index (χ4v) is 4.92. The van der Waals surface area contributed by atoms with Gasteiger partial charge in [-0.2, -0.15) is 0 Å². The van der Waals surface area contributed by atoms with Gasteiger partial charge >= 0.3 is 6.09 Å². The number of hydrogen-bond donors (Lipinski definition) is 1. The Balaban J connectivity index is 1.46. The predicted octanol–water partition coefficient (Wildman–Crippen LogP) is 4.76. The summed E-state index contributed by atoms with van der Waals surface area (Å²) in [7, 11) is 1.72. The number of methoxy groups -OCH3 is 1. The first-order chi connectivity index (χ1) is 17.6. The lowest BCUT2D eigenvalue weighted by Crippen LogP contribution is -2.46. The van der Waals surface area contributed by atoms with Crippen LogP contribution in [0, 0.1) is 0 Å². The van der Waals surface area contributed by atoms with Crippen molar-refractivity contribution in [1.29, 1.82) is 0 Å². The van der Waals surface area contributed by atoms with Gasteiger partial charge in [-0.3, -0.25) is 0 Å². The number of piperidine rings is 1. The van der Waals surface area contributed by atoms with Crippen LogP contribution in [0.4, 0.5) is 10.5 Å². The van der Waals surface area contributed by atoms with Crippen LogP contribution >= 0.6 is 0 Å². The molecule has 2 aromatic carbocycles. The number of likely N-dealkylation sites (tertiary alicyclic amines) is 1. The Labute approximate surface area is 213 Å². The van der Waals surface area contributed by atoms with Crippen LogP contribution < -0.4 is 14.4 Å². The quantitative estimate of drug-likeness (QED) is 0.447. The van der Waals surface area contributed by atoms with Gasteiger partial charge in [-0.1, -0.05) is 25.1 Å². The SMILES string of the molecule is CCCOc1ccc(C2CCN(C(=O)O)CC2OCc2ccc3c(c2)N(CCCOC)CCO3)cc1. The fourth-order valence-electron chi connectivity index (χ4n) is 4.92. The van der Waals surface area contributed by atoms with Gasteiger partial charge in [0.05, 0.1) is 38.1 Å². The summed E-state index contributed by atoms with van der Waals surface area (Å²) >= 11 is 0. The first kappa shape index (κ1) is 26.1. The largest absolute Gasteiger partial charge is 0.494 e. The minimum Gasteiger partial charge on any atom is -0.494 e. The molecule has 1 saturated heterocycles. The van der Waals surface area contributed by atoms with E-state index in [-0.39, 0.29) is 12.0 Å². The Hall–Kier alpha value is -2.97. The summed E-state index contributed by atoms with van der Waals surface area (Å²) in [5.74, 6) is 1.86. The summed E-state index contributed by atoms with van der Waals surface area (Å²) in [4.78, 5) is 15.5. The Morgan fingerprint density at radius 2 is 1.97 bits per heavy atom. The van der Waals surface area contributed by atoms with Gasteiger partial charge in [0, 0.05) is 32.7 Å². The first-order valence-electron chi connectivity index (χ1n) is 12.9. The molecule has 36 heavy (non-hydrogen) atoms. The number of rotatable bonds is 11. The lowest BCUT2D eigenvalue weighted by Gasteiger charge is -2.37. The van der Waals surface area contributed by atoms with Crippen molar-refractivity contribution in [3.63, 3.8) is 0 Å². The van der Waals surface area contributed by atoms with Crippen LogP contribution in [-0.4, -0.2) is 75.3 Å². The number of carbonyl (C=O) groups is 1. The number of fused-ring (bicyclic) bond motifs is 1. The first-order valence-corrected chi connectivity index (χ1v) is 12.9. The van der Waals surface area contributed by atoms with E-state index in [1.807, 2.05) is 24.3 Å². The lowest BCUT2D eigenvalue weighted by molar-refractivity contribution is -0.0199. The molecule has 0 aromatic heterocycles. The summed E-state index contributed by atoms with van der Waals surface area (Å²) in [6, 6.07) is 14.3. The van der Waals surface area contributed by atoms with Crippen molar-refractivity contribution < 1.29 is 28.8 Å². The van der Waals surface area contributed by atoms with E-state index in [9.17, 15) is 9.90 Å². The summed E-state index contributed by atoms with van der Waals surface area (Å²) in [5.41, 5.74) is 3.27. The molecule has 1 fully saturated rings. The highest BCUT2D eigenvalue weighted by Crippen LogP contribution is 2.35. The maximum absolute atomic E-state index is 11.7. The second-order valence-electron chi connectivity index (χ2n) is 9.37. The molecule has 1 amide bonds. The Bertz CT molecular complexity index is 983. The van der Waals surface area contributed by atoms with Crippen LogP contribution in [0.2, 0.25) is 0 Å². The summed E-state index contributed by atoms with van der Waals surface area (Å²) < 4.78 is 23.2. The maximum Gasteiger partial charge on any atom is 0.407 e. The summed E-state index contributed by atoms with van der Waals surface area (Å²) in [6.45, 7) is 7.19. The van der Waals surface area contributed by atoms with E-state index in [0.717, 1.165) is 67.3 Å². The van der Waals surface area contributed by atoms with Crippen molar-refractivity contribution in [2.45, 2.75) is 44.8 Å². The van der Waals surface area contributed by atoms with Crippen LogP contribution in [0.1, 0.15) is 43.2 Å². The highest BCUT2D eigenvalue weighted by molar-refractivity contribution is 5.65. The van der Waals surface area contributed by atoms with Crippen molar-refractivity contribution in [1.82, 2.24) is 4.90 Å². The van der Waals surface area contributed by atoms with Crippen molar-refractivity contribution in [2.75, 3.05) is 58.0 Å². The minimum atomic E-state index is -0.900. The van der Waals surface area contributed by atoms with Crippen molar-refractivity contribution in [3.8, 4) is 11.5 Å². The molecule has 0 radical (unpaired) electrons. The zero-order valence-corrected chi connectivity index (χ0v) is 21.4.